The molecule has 2 saturated carbocycles. The molecule has 5 heteroatoms. The van der Waals surface area contributed by atoms with Crippen LogP contribution in [0.25, 0.3) is 0 Å². The quantitative estimate of drug-likeness (QED) is 0.301. The first-order valence-electron chi connectivity index (χ1n) is 9.26. The fourth-order valence-corrected chi connectivity index (χ4v) is 4.96. The largest absolute Gasteiger partial charge is 0.377 e. The highest BCUT2D eigenvalue weighted by Gasteiger charge is 2.65. The molecular formula is C18H34IN3O. The maximum atomic E-state index is 6.06. The molecule has 0 amide bonds. The molecule has 23 heavy (non-hydrogen) atoms. The minimum Gasteiger partial charge on any atom is -0.377 e. The van der Waals surface area contributed by atoms with Crippen molar-refractivity contribution in [2.45, 2.75) is 70.9 Å². The van der Waals surface area contributed by atoms with E-state index in [1.54, 1.807) is 0 Å². The Bertz CT molecular complexity index is 407. The highest BCUT2D eigenvalue weighted by Crippen LogP contribution is 2.60. The average molecular weight is 435 g/mol. The normalized spacial score (nSPS) is 31.7. The van der Waals surface area contributed by atoms with Crippen LogP contribution in [0.1, 0.15) is 58.8 Å². The van der Waals surface area contributed by atoms with Gasteiger partial charge in [-0.1, -0.05) is 26.7 Å². The summed E-state index contributed by atoms with van der Waals surface area (Å²) in [5.41, 5.74) is 0.400. The van der Waals surface area contributed by atoms with Crippen LogP contribution in [0.4, 0.5) is 0 Å². The van der Waals surface area contributed by atoms with Crippen LogP contribution in [0, 0.1) is 17.3 Å². The van der Waals surface area contributed by atoms with Gasteiger partial charge in [-0.25, -0.2) is 0 Å². The van der Waals surface area contributed by atoms with Crippen molar-refractivity contribution >= 4 is 29.9 Å². The minimum atomic E-state index is 0. The molecule has 0 aromatic rings. The highest BCUT2D eigenvalue weighted by atomic mass is 127. The standard InChI is InChI=1S/C18H33N3O.HI/c1-13(2)7-6-11-20-17(19-3)21-15-14-8-12-22-16(14)18(15)9-4-5-10-18;/h13-16H,4-12H2,1-3H3,(H2,19,20,21);1H. The van der Waals surface area contributed by atoms with Crippen LogP contribution in [-0.4, -0.2) is 38.3 Å². The van der Waals surface area contributed by atoms with E-state index in [1.807, 2.05) is 7.05 Å². The molecule has 0 bridgehead atoms. The number of nitrogens with zero attached hydrogens (tertiary/aromatic N) is 1. The van der Waals surface area contributed by atoms with Crippen molar-refractivity contribution in [1.82, 2.24) is 10.6 Å². The molecule has 3 aliphatic rings. The number of hydrogen-bond donors (Lipinski definition) is 2. The van der Waals surface area contributed by atoms with Crippen molar-refractivity contribution in [3.05, 3.63) is 0 Å². The molecule has 2 N–H and O–H groups in total. The number of guanidine groups is 1. The fraction of sp³-hybridized carbons (Fsp3) is 0.944. The second-order valence-corrected chi connectivity index (χ2v) is 7.84. The summed E-state index contributed by atoms with van der Waals surface area (Å²) >= 11 is 0. The van der Waals surface area contributed by atoms with Crippen LogP contribution < -0.4 is 10.6 Å². The predicted octanol–water partition coefficient (Wildman–Crippen LogP) is 3.55. The molecule has 1 aliphatic heterocycles. The first-order chi connectivity index (χ1) is 10.7. The summed E-state index contributed by atoms with van der Waals surface area (Å²) in [6.07, 6.45) is 9.61. The van der Waals surface area contributed by atoms with E-state index >= 15 is 0 Å². The SMILES string of the molecule is CN=C(NCCCC(C)C)NC1C2CCOC2C12CCCC2.I. The number of halogens is 1. The zero-order valence-corrected chi connectivity index (χ0v) is 17.3. The van der Waals surface area contributed by atoms with Gasteiger partial charge in [-0.15, -0.1) is 24.0 Å². The van der Waals surface area contributed by atoms with Crippen LogP contribution >= 0.6 is 24.0 Å². The summed E-state index contributed by atoms with van der Waals surface area (Å²) in [5.74, 6) is 2.47. The van der Waals surface area contributed by atoms with E-state index in [2.05, 4.69) is 29.5 Å². The van der Waals surface area contributed by atoms with Gasteiger partial charge in [-0.2, -0.15) is 0 Å². The summed E-state index contributed by atoms with van der Waals surface area (Å²) < 4.78 is 6.06. The van der Waals surface area contributed by atoms with Crippen LogP contribution in [0.15, 0.2) is 4.99 Å². The van der Waals surface area contributed by atoms with Crippen LogP contribution in [0.5, 0.6) is 0 Å². The number of aliphatic imine (C=N–C) groups is 1. The Hall–Kier alpha value is -0.0400. The van der Waals surface area contributed by atoms with Crippen LogP contribution in [-0.2, 0) is 4.74 Å². The van der Waals surface area contributed by atoms with Gasteiger partial charge in [-0.3, -0.25) is 4.99 Å². The summed E-state index contributed by atoms with van der Waals surface area (Å²) in [6.45, 7) is 6.54. The van der Waals surface area contributed by atoms with Crippen molar-refractivity contribution in [3.63, 3.8) is 0 Å². The lowest BCUT2D eigenvalue weighted by Gasteiger charge is -2.57. The van der Waals surface area contributed by atoms with Crippen molar-refractivity contribution in [2.75, 3.05) is 20.2 Å². The number of fused-ring (bicyclic) bond motifs is 2. The third kappa shape index (κ3) is 3.80. The van der Waals surface area contributed by atoms with Gasteiger partial charge < -0.3 is 15.4 Å². The minimum absolute atomic E-state index is 0. The molecule has 0 aromatic heterocycles. The maximum Gasteiger partial charge on any atom is 0.191 e. The Kier molecular flexibility index (Phi) is 7.01. The lowest BCUT2D eigenvalue weighted by molar-refractivity contribution is -0.125. The molecule has 2 aliphatic carbocycles. The third-order valence-corrected chi connectivity index (χ3v) is 6.05. The summed E-state index contributed by atoms with van der Waals surface area (Å²) in [4.78, 5) is 4.45. The van der Waals surface area contributed by atoms with Gasteiger partial charge in [0.2, 0.25) is 0 Å². The van der Waals surface area contributed by atoms with Gasteiger partial charge in [0.15, 0.2) is 5.96 Å². The van der Waals surface area contributed by atoms with Crippen LogP contribution in [0.3, 0.4) is 0 Å². The van der Waals surface area contributed by atoms with Crippen molar-refractivity contribution in [2.24, 2.45) is 22.2 Å². The van der Waals surface area contributed by atoms with Gasteiger partial charge in [-0.05, 0) is 38.0 Å². The molecule has 0 radical (unpaired) electrons. The lowest BCUT2D eigenvalue weighted by Crippen LogP contribution is -2.69. The molecule has 1 saturated heterocycles. The van der Waals surface area contributed by atoms with E-state index in [-0.39, 0.29) is 24.0 Å². The van der Waals surface area contributed by atoms with E-state index in [1.165, 1.54) is 44.9 Å². The Balaban J connectivity index is 0.00000192. The molecule has 4 nitrogen and oxygen atoms in total. The molecular weight excluding hydrogens is 401 g/mol. The molecule has 134 valence electrons. The third-order valence-electron chi connectivity index (χ3n) is 6.05. The second kappa shape index (κ2) is 8.37. The van der Waals surface area contributed by atoms with Crippen molar-refractivity contribution < 1.29 is 4.74 Å². The summed E-state index contributed by atoms with van der Waals surface area (Å²) in [7, 11) is 1.89. The summed E-state index contributed by atoms with van der Waals surface area (Å²) in [6, 6.07) is 0.568. The predicted molar refractivity (Wildman–Crippen MR) is 107 cm³/mol. The number of ether oxygens (including phenoxy) is 1. The van der Waals surface area contributed by atoms with Crippen LogP contribution in [0.2, 0.25) is 0 Å². The zero-order valence-electron chi connectivity index (χ0n) is 14.9. The van der Waals surface area contributed by atoms with Crippen molar-refractivity contribution in [1.29, 1.82) is 0 Å². The molecule has 3 unspecified atom stereocenters. The van der Waals surface area contributed by atoms with Crippen molar-refractivity contribution in [3.8, 4) is 0 Å². The molecule has 3 fully saturated rings. The molecule has 0 aromatic carbocycles. The molecule has 1 heterocycles. The Morgan fingerprint density at radius 3 is 2.70 bits per heavy atom. The van der Waals surface area contributed by atoms with Gasteiger partial charge in [0, 0.05) is 37.6 Å². The monoisotopic (exact) mass is 435 g/mol. The maximum absolute atomic E-state index is 6.06. The van der Waals surface area contributed by atoms with E-state index in [0.29, 0.717) is 23.5 Å². The first-order valence-corrected chi connectivity index (χ1v) is 9.26. The van der Waals surface area contributed by atoms with E-state index in [9.17, 15) is 0 Å². The molecule has 3 rings (SSSR count). The van der Waals surface area contributed by atoms with E-state index in [4.69, 9.17) is 4.74 Å². The Morgan fingerprint density at radius 1 is 1.30 bits per heavy atom. The fourth-order valence-electron chi connectivity index (χ4n) is 4.96. The smallest absolute Gasteiger partial charge is 0.191 e. The molecule has 1 spiro atoms. The van der Waals surface area contributed by atoms with Gasteiger partial charge >= 0.3 is 0 Å². The number of nitrogens with one attached hydrogen (secondary N) is 2. The van der Waals surface area contributed by atoms with E-state index in [0.717, 1.165) is 25.0 Å². The highest BCUT2D eigenvalue weighted by molar-refractivity contribution is 14.0. The lowest BCUT2D eigenvalue weighted by atomic mass is 9.54. The zero-order chi connectivity index (χ0) is 15.6. The average Bonchev–Trinajstić information content (AvgIpc) is 3.14. The van der Waals surface area contributed by atoms with E-state index < -0.39 is 0 Å². The van der Waals surface area contributed by atoms with Gasteiger partial charge in [0.05, 0.1) is 6.10 Å². The number of hydrogen-bond acceptors (Lipinski definition) is 2. The Morgan fingerprint density at radius 2 is 2.04 bits per heavy atom. The topological polar surface area (TPSA) is 45.7 Å². The second-order valence-electron chi connectivity index (χ2n) is 7.84. The number of rotatable bonds is 5. The molecule has 3 atom stereocenters. The first kappa shape index (κ1) is 19.3. The summed E-state index contributed by atoms with van der Waals surface area (Å²) in [5, 5.41) is 7.26. The Labute approximate surface area is 158 Å². The van der Waals surface area contributed by atoms with Gasteiger partial charge in [0.25, 0.3) is 0 Å². The van der Waals surface area contributed by atoms with Gasteiger partial charge in [0.1, 0.15) is 0 Å².